The highest BCUT2D eigenvalue weighted by Crippen LogP contribution is 2.03. The molecule has 0 bridgehead atoms. The molecule has 1 atom stereocenters. The maximum Gasteiger partial charge on any atom is 0.0586 e. The van der Waals surface area contributed by atoms with Crippen LogP contribution < -0.4 is 5.73 Å². The Balaban J connectivity index is 3.34. The van der Waals surface area contributed by atoms with E-state index in [4.69, 9.17) is 5.73 Å². The molecule has 0 spiro atoms. The second-order valence-corrected chi connectivity index (χ2v) is 4.17. The molecular weight excluding hydrogens is 198 g/mol. The molecule has 2 nitrogen and oxygen atoms in total. The minimum atomic E-state index is -0.279. The zero-order chi connectivity index (χ0) is 12.1. The molecule has 2 heteroatoms. The first-order valence-electron chi connectivity index (χ1n) is 6.51. The monoisotopic (exact) mass is 225 g/mol. The summed E-state index contributed by atoms with van der Waals surface area (Å²) in [4.78, 5) is 0. The molecule has 0 radical (unpaired) electrons. The quantitative estimate of drug-likeness (QED) is 0.443. The summed E-state index contributed by atoms with van der Waals surface area (Å²) in [5.41, 5.74) is 5.34. The van der Waals surface area contributed by atoms with Crippen LogP contribution in [0.5, 0.6) is 0 Å². The van der Waals surface area contributed by atoms with Crippen LogP contribution in [0.3, 0.4) is 0 Å². The van der Waals surface area contributed by atoms with E-state index >= 15 is 0 Å². The van der Waals surface area contributed by atoms with Crippen molar-refractivity contribution in [3.05, 3.63) is 24.3 Å². The molecule has 0 aliphatic rings. The molecule has 0 heterocycles. The lowest BCUT2D eigenvalue weighted by Crippen LogP contribution is -2.11. The summed E-state index contributed by atoms with van der Waals surface area (Å²) in [5.74, 6) is 0. The molecule has 16 heavy (non-hydrogen) atoms. The summed E-state index contributed by atoms with van der Waals surface area (Å²) in [6.07, 6.45) is 15.8. The van der Waals surface area contributed by atoms with Crippen LogP contribution in [0.25, 0.3) is 0 Å². The van der Waals surface area contributed by atoms with Gasteiger partial charge in [0.15, 0.2) is 0 Å². The Kier molecular flexibility index (Phi) is 12.0. The zero-order valence-corrected chi connectivity index (χ0v) is 10.6. The zero-order valence-electron chi connectivity index (χ0n) is 10.6. The van der Waals surface area contributed by atoms with Crippen molar-refractivity contribution in [3.8, 4) is 0 Å². The average molecular weight is 225 g/mol. The van der Waals surface area contributed by atoms with Crippen LogP contribution in [0.4, 0.5) is 0 Å². The maximum absolute atomic E-state index is 9.39. The molecule has 0 aliphatic carbocycles. The number of rotatable bonds is 10. The predicted molar refractivity (Wildman–Crippen MR) is 71.3 cm³/mol. The van der Waals surface area contributed by atoms with E-state index in [9.17, 15) is 5.11 Å². The van der Waals surface area contributed by atoms with E-state index < -0.39 is 0 Å². The lowest BCUT2D eigenvalue weighted by atomic mass is 10.1. The molecule has 0 saturated heterocycles. The summed E-state index contributed by atoms with van der Waals surface area (Å²) in [6.45, 7) is 2.79. The lowest BCUT2D eigenvalue weighted by molar-refractivity contribution is 0.170. The second-order valence-electron chi connectivity index (χ2n) is 4.17. The van der Waals surface area contributed by atoms with E-state index in [2.05, 4.69) is 19.1 Å². The van der Waals surface area contributed by atoms with Gasteiger partial charge in [-0.2, -0.15) is 0 Å². The number of aliphatic hydroxyl groups is 1. The van der Waals surface area contributed by atoms with Gasteiger partial charge in [0, 0.05) is 0 Å². The van der Waals surface area contributed by atoms with Crippen molar-refractivity contribution in [2.75, 3.05) is 6.54 Å². The summed E-state index contributed by atoms with van der Waals surface area (Å²) >= 11 is 0. The fourth-order valence-electron chi connectivity index (χ4n) is 1.49. The Hall–Kier alpha value is -0.600. The minimum Gasteiger partial charge on any atom is -0.393 e. The van der Waals surface area contributed by atoms with Crippen molar-refractivity contribution in [2.24, 2.45) is 5.73 Å². The van der Waals surface area contributed by atoms with Gasteiger partial charge in [0.25, 0.3) is 0 Å². The maximum atomic E-state index is 9.39. The largest absolute Gasteiger partial charge is 0.393 e. The fourth-order valence-corrected chi connectivity index (χ4v) is 1.49. The van der Waals surface area contributed by atoms with Gasteiger partial charge in [0.2, 0.25) is 0 Å². The summed E-state index contributed by atoms with van der Waals surface area (Å²) in [6, 6.07) is 0. The Morgan fingerprint density at radius 1 is 1.12 bits per heavy atom. The van der Waals surface area contributed by atoms with Gasteiger partial charge in [0.05, 0.1) is 6.10 Å². The van der Waals surface area contributed by atoms with Crippen molar-refractivity contribution < 1.29 is 5.11 Å². The SMILES string of the molecule is CCCCCC/C=C/C=C/CC(O)CCN. The van der Waals surface area contributed by atoms with Crippen LogP contribution in [0.1, 0.15) is 51.9 Å². The van der Waals surface area contributed by atoms with Crippen LogP contribution in [0, 0.1) is 0 Å². The highest BCUT2D eigenvalue weighted by atomic mass is 16.3. The first-order valence-corrected chi connectivity index (χ1v) is 6.51. The van der Waals surface area contributed by atoms with Gasteiger partial charge in [-0.1, -0.05) is 50.5 Å². The number of hydrogen-bond acceptors (Lipinski definition) is 2. The van der Waals surface area contributed by atoms with Crippen molar-refractivity contribution in [1.29, 1.82) is 0 Å². The lowest BCUT2D eigenvalue weighted by Gasteiger charge is -2.03. The van der Waals surface area contributed by atoms with E-state index in [0.717, 1.165) is 6.42 Å². The van der Waals surface area contributed by atoms with Crippen molar-refractivity contribution in [1.82, 2.24) is 0 Å². The molecule has 0 aliphatic heterocycles. The molecule has 1 unspecified atom stereocenters. The molecule has 0 saturated carbocycles. The van der Waals surface area contributed by atoms with E-state index in [1.807, 2.05) is 12.2 Å². The van der Waals surface area contributed by atoms with Gasteiger partial charge in [-0.05, 0) is 32.2 Å². The molecule has 0 aromatic rings. The first-order chi connectivity index (χ1) is 7.81. The standard InChI is InChI=1S/C14H27NO/c1-2-3-4-5-6-7-8-9-10-11-14(16)12-13-15/h7-10,14,16H,2-6,11-13,15H2,1H3/b8-7+,10-9+. The van der Waals surface area contributed by atoms with E-state index in [0.29, 0.717) is 19.4 Å². The Labute approximate surface area is 100 Å². The minimum absolute atomic E-state index is 0.279. The Bertz CT molecular complexity index is 187. The van der Waals surface area contributed by atoms with Gasteiger partial charge in [-0.3, -0.25) is 0 Å². The van der Waals surface area contributed by atoms with Crippen LogP contribution in [-0.2, 0) is 0 Å². The normalized spacial score (nSPS) is 13.9. The third kappa shape index (κ3) is 11.5. The average Bonchev–Trinajstić information content (AvgIpc) is 2.27. The number of aliphatic hydroxyl groups excluding tert-OH is 1. The van der Waals surface area contributed by atoms with Crippen LogP contribution >= 0.6 is 0 Å². The molecule has 0 fully saturated rings. The Morgan fingerprint density at radius 3 is 2.56 bits per heavy atom. The molecule has 0 rings (SSSR count). The fraction of sp³-hybridized carbons (Fsp3) is 0.714. The summed E-state index contributed by atoms with van der Waals surface area (Å²) in [5, 5.41) is 9.39. The van der Waals surface area contributed by atoms with Crippen molar-refractivity contribution >= 4 is 0 Å². The third-order valence-electron chi connectivity index (χ3n) is 2.52. The third-order valence-corrected chi connectivity index (χ3v) is 2.52. The summed E-state index contributed by atoms with van der Waals surface area (Å²) in [7, 11) is 0. The number of nitrogens with two attached hydrogens (primary N) is 1. The van der Waals surface area contributed by atoms with Gasteiger partial charge in [-0.15, -0.1) is 0 Å². The van der Waals surface area contributed by atoms with E-state index in [-0.39, 0.29) is 6.10 Å². The predicted octanol–water partition coefficient (Wildman–Crippen LogP) is 3.17. The molecule has 0 amide bonds. The second kappa shape index (κ2) is 12.5. The highest BCUT2D eigenvalue weighted by Gasteiger charge is 1.97. The molecule has 0 aromatic carbocycles. The highest BCUT2D eigenvalue weighted by molar-refractivity contribution is 5.02. The van der Waals surface area contributed by atoms with Crippen LogP contribution in [0.2, 0.25) is 0 Å². The topological polar surface area (TPSA) is 46.2 Å². The van der Waals surface area contributed by atoms with Crippen molar-refractivity contribution in [3.63, 3.8) is 0 Å². The molecule has 3 N–H and O–H groups in total. The van der Waals surface area contributed by atoms with Gasteiger partial charge in [-0.25, -0.2) is 0 Å². The van der Waals surface area contributed by atoms with Crippen LogP contribution in [-0.4, -0.2) is 17.8 Å². The van der Waals surface area contributed by atoms with Gasteiger partial charge in [0.1, 0.15) is 0 Å². The summed E-state index contributed by atoms with van der Waals surface area (Å²) < 4.78 is 0. The molecule has 94 valence electrons. The smallest absolute Gasteiger partial charge is 0.0586 e. The first kappa shape index (κ1) is 15.4. The van der Waals surface area contributed by atoms with E-state index in [1.165, 1.54) is 25.7 Å². The van der Waals surface area contributed by atoms with Gasteiger partial charge >= 0.3 is 0 Å². The molecule has 0 aromatic heterocycles. The Morgan fingerprint density at radius 2 is 1.88 bits per heavy atom. The number of unbranched alkanes of at least 4 members (excludes halogenated alkanes) is 4. The van der Waals surface area contributed by atoms with Gasteiger partial charge < -0.3 is 10.8 Å². The van der Waals surface area contributed by atoms with Crippen molar-refractivity contribution in [2.45, 2.75) is 58.0 Å². The van der Waals surface area contributed by atoms with E-state index in [1.54, 1.807) is 0 Å². The number of hydrogen-bond donors (Lipinski definition) is 2. The molecular formula is C14H27NO. The van der Waals surface area contributed by atoms with Crippen LogP contribution in [0.15, 0.2) is 24.3 Å². The number of allylic oxidation sites excluding steroid dienone is 3.